The summed E-state index contributed by atoms with van der Waals surface area (Å²) in [5.74, 6) is 0.488. The van der Waals surface area contributed by atoms with Gasteiger partial charge in [-0.15, -0.1) is 5.10 Å². The molecule has 0 aromatic carbocycles. The number of fused-ring (bicyclic) bond motifs is 6. The van der Waals surface area contributed by atoms with E-state index in [0.29, 0.717) is 25.2 Å². The van der Waals surface area contributed by atoms with E-state index in [1.54, 1.807) is 25.4 Å². The summed E-state index contributed by atoms with van der Waals surface area (Å²) in [5, 5.41) is 11.7. The number of carbonyl (C=O) groups excluding carboxylic acids is 2. The van der Waals surface area contributed by atoms with Gasteiger partial charge >= 0.3 is 0 Å². The zero-order chi connectivity index (χ0) is 24.4. The normalized spacial score (nSPS) is 24.9. The van der Waals surface area contributed by atoms with Crippen LogP contribution in [0.15, 0.2) is 29.3 Å². The summed E-state index contributed by atoms with van der Waals surface area (Å²) in [6.07, 6.45) is 10.5. The van der Waals surface area contributed by atoms with Gasteiger partial charge in [0.25, 0.3) is 11.5 Å². The summed E-state index contributed by atoms with van der Waals surface area (Å²) in [5.41, 5.74) is 0.411. The Bertz CT molecular complexity index is 1120. The minimum absolute atomic E-state index is 0.0186. The van der Waals surface area contributed by atoms with Crippen molar-refractivity contribution >= 4 is 11.8 Å². The fourth-order valence-corrected chi connectivity index (χ4v) is 5.85. The molecule has 1 aliphatic carbocycles. The topological polar surface area (TPSA) is 105 Å². The van der Waals surface area contributed by atoms with Crippen molar-refractivity contribution in [2.45, 2.75) is 51.1 Å². The van der Waals surface area contributed by atoms with E-state index in [1.807, 2.05) is 10.9 Å². The van der Waals surface area contributed by atoms with Crippen LogP contribution >= 0.6 is 0 Å². The van der Waals surface area contributed by atoms with Crippen molar-refractivity contribution in [3.8, 4) is 0 Å². The Morgan fingerprint density at radius 3 is 2.77 bits per heavy atom. The van der Waals surface area contributed by atoms with Gasteiger partial charge in [-0.25, -0.2) is 4.68 Å². The van der Waals surface area contributed by atoms with E-state index >= 15 is 0 Å². The van der Waals surface area contributed by atoms with E-state index in [2.05, 4.69) is 20.5 Å². The Balaban J connectivity index is 1.41. The highest BCUT2D eigenvalue weighted by atomic mass is 16.2. The summed E-state index contributed by atoms with van der Waals surface area (Å²) in [6.45, 7) is 3.72. The third-order valence-corrected chi connectivity index (χ3v) is 7.77. The van der Waals surface area contributed by atoms with Gasteiger partial charge in [0.05, 0.1) is 18.8 Å². The monoisotopic (exact) mass is 481 g/mol. The molecule has 1 saturated carbocycles. The van der Waals surface area contributed by atoms with Crippen molar-refractivity contribution in [1.29, 1.82) is 0 Å². The van der Waals surface area contributed by atoms with Crippen LogP contribution in [0.25, 0.3) is 0 Å². The van der Waals surface area contributed by atoms with E-state index in [0.717, 1.165) is 25.6 Å². The van der Waals surface area contributed by atoms with Crippen molar-refractivity contribution in [2.75, 3.05) is 39.8 Å². The Morgan fingerprint density at radius 2 is 1.94 bits per heavy atom. The molecule has 4 bridgehead atoms. The number of pyridine rings is 1. The quantitative estimate of drug-likeness (QED) is 0.690. The molecule has 10 nitrogen and oxygen atoms in total. The number of likely N-dealkylation sites (tertiary alicyclic amines) is 1. The van der Waals surface area contributed by atoms with Gasteiger partial charge in [-0.3, -0.25) is 14.4 Å². The van der Waals surface area contributed by atoms with Crippen molar-refractivity contribution in [3.63, 3.8) is 0 Å². The van der Waals surface area contributed by atoms with Crippen LogP contribution in [0.5, 0.6) is 0 Å². The first-order chi connectivity index (χ1) is 17.0. The highest BCUT2D eigenvalue weighted by Gasteiger charge is 2.37. The van der Waals surface area contributed by atoms with Gasteiger partial charge in [0.2, 0.25) is 5.91 Å². The number of hydrogen-bond acceptors (Lipinski definition) is 6. The molecule has 2 aromatic rings. The summed E-state index contributed by atoms with van der Waals surface area (Å²) in [6, 6.07) is 3.31. The van der Waals surface area contributed by atoms with Crippen LogP contribution in [0, 0.1) is 11.8 Å². The highest BCUT2D eigenvalue weighted by Crippen LogP contribution is 2.33. The van der Waals surface area contributed by atoms with Gasteiger partial charge < -0.3 is 19.7 Å². The minimum atomic E-state index is -0.358. The van der Waals surface area contributed by atoms with Gasteiger partial charge in [0, 0.05) is 58.3 Å². The maximum atomic E-state index is 13.0. The molecule has 2 amide bonds. The summed E-state index contributed by atoms with van der Waals surface area (Å²) in [7, 11) is 1.65. The van der Waals surface area contributed by atoms with Crippen LogP contribution in [-0.2, 0) is 11.3 Å². The summed E-state index contributed by atoms with van der Waals surface area (Å²) >= 11 is 0. The van der Waals surface area contributed by atoms with Crippen LogP contribution in [0.4, 0.5) is 0 Å². The first-order valence-corrected chi connectivity index (χ1v) is 12.8. The predicted octanol–water partition coefficient (Wildman–Crippen LogP) is 1.13. The molecule has 2 aromatic heterocycles. The molecular weight excluding hydrogens is 446 g/mol. The molecule has 0 radical (unpaired) electrons. The largest absolute Gasteiger partial charge is 0.354 e. The average Bonchev–Trinajstić information content (AvgIpc) is 3.46. The fraction of sp³-hybridized carbons (Fsp3) is 0.640. The molecule has 2 atom stereocenters. The second-order valence-corrected chi connectivity index (χ2v) is 10.4. The zero-order valence-corrected chi connectivity index (χ0v) is 20.4. The fourth-order valence-electron chi connectivity index (χ4n) is 5.85. The SMILES string of the molecule is CN1CCNC(=O)C[C@H]2CN(CC3CCCCC3)C[C@H]2n2cc(nn2)Cn2cccc(c2=O)C1=O. The van der Waals surface area contributed by atoms with Crippen LogP contribution < -0.4 is 10.9 Å². The van der Waals surface area contributed by atoms with E-state index in [-0.39, 0.29) is 41.4 Å². The molecule has 1 N–H and O–H groups in total. The molecule has 4 heterocycles. The first-order valence-electron chi connectivity index (χ1n) is 12.8. The van der Waals surface area contributed by atoms with E-state index < -0.39 is 0 Å². The number of hydrogen-bond donors (Lipinski definition) is 1. The molecular formula is C25H35N7O3. The van der Waals surface area contributed by atoms with Gasteiger partial charge in [-0.1, -0.05) is 24.5 Å². The minimum Gasteiger partial charge on any atom is -0.354 e. The lowest BCUT2D eigenvalue weighted by molar-refractivity contribution is -0.122. The van der Waals surface area contributed by atoms with Gasteiger partial charge in [-0.2, -0.15) is 0 Å². The van der Waals surface area contributed by atoms with E-state index in [9.17, 15) is 14.4 Å². The molecule has 188 valence electrons. The number of rotatable bonds is 2. The number of nitrogens with zero attached hydrogens (tertiary/aromatic N) is 6. The lowest BCUT2D eigenvalue weighted by Crippen LogP contribution is -2.39. The molecule has 10 heteroatoms. The Morgan fingerprint density at radius 1 is 1.11 bits per heavy atom. The van der Waals surface area contributed by atoms with Crippen molar-refractivity contribution < 1.29 is 9.59 Å². The first kappa shape index (κ1) is 23.7. The Hall–Kier alpha value is -3.01. The molecule has 2 fully saturated rings. The number of likely N-dealkylation sites (N-methyl/N-ethyl adjacent to an activating group) is 1. The van der Waals surface area contributed by atoms with Gasteiger partial charge in [0.15, 0.2) is 0 Å². The number of nitrogens with one attached hydrogen (secondary N) is 1. The van der Waals surface area contributed by atoms with Gasteiger partial charge in [-0.05, 0) is 30.9 Å². The standard InChI is InChI=1S/C25H35N7O3/c1-29-11-9-26-23(33)12-19-14-30(13-18-6-3-2-4-7-18)17-22(19)32-16-20(27-28-32)15-31-10-5-8-21(24(29)34)25(31)35/h5,8,10,16,18-19,22H,2-4,6-7,9,11-15,17H2,1H3,(H,26,33)/t19-,22+/m0/s1. The third kappa shape index (κ3) is 5.32. The van der Waals surface area contributed by atoms with Crippen LogP contribution in [-0.4, -0.2) is 80.9 Å². The maximum Gasteiger partial charge on any atom is 0.263 e. The second-order valence-electron chi connectivity index (χ2n) is 10.4. The molecule has 3 aliphatic rings. The lowest BCUT2D eigenvalue weighted by Gasteiger charge is -2.26. The van der Waals surface area contributed by atoms with E-state index in [4.69, 9.17) is 0 Å². The number of aromatic nitrogens is 4. The smallest absolute Gasteiger partial charge is 0.263 e. The number of amides is 2. The predicted molar refractivity (Wildman–Crippen MR) is 130 cm³/mol. The van der Waals surface area contributed by atoms with Crippen molar-refractivity contribution in [3.05, 3.63) is 46.1 Å². The third-order valence-electron chi connectivity index (χ3n) is 7.77. The van der Waals surface area contributed by atoms with Crippen LogP contribution in [0.3, 0.4) is 0 Å². The number of carbonyl (C=O) groups is 2. The molecule has 0 unspecified atom stereocenters. The van der Waals surface area contributed by atoms with Crippen LogP contribution in [0.2, 0.25) is 0 Å². The molecule has 35 heavy (non-hydrogen) atoms. The maximum absolute atomic E-state index is 13.0. The Labute approximate surface area is 205 Å². The highest BCUT2D eigenvalue weighted by molar-refractivity contribution is 5.93. The zero-order valence-electron chi connectivity index (χ0n) is 20.4. The summed E-state index contributed by atoms with van der Waals surface area (Å²) < 4.78 is 3.39. The molecule has 0 spiro atoms. The van der Waals surface area contributed by atoms with E-state index in [1.165, 1.54) is 41.6 Å². The molecule has 2 aliphatic heterocycles. The molecule has 5 rings (SSSR count). The van der Waals surface area contributed by atoms with Crippen molar-refractivity contribution in [1.82, 2.24) is 34.7 Å². The second kappa shape index (κ2) is 10.3. The van der Waals surface area contributed by atoms with Crippen molar-refractivity contribution in [2.24, 2.45) is 11.8 Å². The van der Waals surface area contributed by atoms with Crippen LogP contribution in [0.1, 0.15) is 60.6 Å². The van der Waals surface area contributed by atoms with Gasteiger partial charge in [0.1, 0.15) is 11.3 Å². The Kier molecular flexibility index (Phi) is 6.99. The average molecular weight is 482 g/mol. The summed E-state index contributed by atoms with van der Waals surface area (Å²) in [4.78, 5) is 42.6. The molecule has 1 saturated heterocycles. The lowest BCUT2D eigenvalue weighted by atomic mass is 9.89.